The molecular weight excluding hydrogens is 737 g/mol. The van der Waals surface area contributed by atoms with Crippen LogP contribution >= 0.6 is 0 Å². The van der Waals surface area contributed by atoms with Crippen LogP contribution in [0.2, 0.25) is 0 Å². The van der Waals surface area contributed by atoms with E-state index in [1.54, 1.807) is 0 Å². The summed E-state index contributed by atoms with van der Waals surface area (Å²) in [5, 5.41) is 4.89. The molecule has 0 heterocycles. The van der Waals surface area contributed by atoms with E-state index in [2.05, 4.69) is 224 Å². The largest absolute Gasteiger partial charge is 0.310 e. The number of rotatable bonds is 8. The maximum atomic E-state index is 2.46. The van der Waals surface area contributed by atoms with Crippen LogP contribution in [0, 0.1) is 0 Å². The topological polar surface area (TPSA) is 6.48 Å². The van der Waals surface area contributed by atoms with Gasteiger partial charge in [0.1, 0.15) is 0 Å². The second-order valence-electron chi connectivity index (χ2n) is 17.6. The van der Waals surface area contributed by atoms with Crippen LogP contribution in [0.5, 0.6) is 0 Å². The second-order valence-corrected chi connectivity index (χ2v) is 17.6. The summed E-state index contributed by atoms with van der Waals surface area (Å²) in [6, 6.07) is 74.6. The van der Waals surface area contributed by atoms with Crippen LogP contribution in [0.15, 0.2) is 200 Å². The van der Waals surface area contributed by atoms with Gasteiger partial charge in [0.2, 0.25) is 0 Å². The van der Waals surface area contributed by atoms with Crippen LogP contribution in [-0.4, -0.2) is 0 Å². The molecule has 0 atom stereocenters. The minimum Gasteiger partial charge on any atom is -0.310 e. The Bertz CT molecular complexity index is 3030. The van der Waals surface area contributed by atoms with Crippen LogP contribution in [0.25, 0.3) is 43.8 Å². The van der Waals surface area contributed by atoms with Gasteiger partial charge in [-0.3, -0.25) is 0 Å². The fourth-order valence-electron chi connectivity index (χ4n) is 10.4. The summed E-state index contributed by atoms with van der Waals surface area (Å²) in [6.45, 7) is 4.74. The van der Waals surface area contributed by atoms with Gasteiger partial charge in [0.05, 0.1) is 5.69 Å². The van der Waals surface area contributed by atoms with Crippen molar-refractivity contribution in [3.8, 4) is 22.3 Å². The molecule has 1 saturated carbocycles. The van der Waals surface area contributed by atoms with Crippen molar-refractivity contribution >= 4 is 55.7 Å². The lowest BCUT2D eigenvalue weighted by molar-refractivity contribution is 0.443. The van der Waals surface area contributed by atoms with E-state index in [0.717, 1.165) is 22.7 Å². The van der Waals surface area contributed by atoms with E-state index < -0.39 is 0 Å². The van der Waals surface area contributed by atoms with Crippen LogP contribution in [0.1, 0.15) is 68.6 Å². The number of fused-ring (bicyclic) bond motifs is 5. The molecule has 2 nitrogen and oxygen atoms in total. The first kappa shape index (κ1) is 37.1. The lowest BCUT2D eigenvalue weighted by atomic mass is 9.82. The Hall–Kier alpha value is -6.90. The predicted molar refractivity (Wildman–Crippen MR) is 260 cm³/mol. The SMILES string of the molecule is CC1(C)c2ccccc2-c2ccc(N(c3ccc(C4CCCCC4)cc3)c3ccc(N(c4ccc5ccccc5c4)c4cc5ccccc5cc4-c4ccccc4)cc3)cc21. The van der Waals surface area contributed by atoms with E-state index in [1.807, 2.05) is 0 Å². The zero-order chi connectivity index (χ0) is 40.9. The molecule has 0 unspecified atom stereocenters. The molecule has 0 amide bonds. The Labute approximate surface area is 360 Å². The van der Waals surface area contributed by atoms with Gasteiger partial charge in [-0.05, 0) is 146 Å². The Balaban J connectivity index is 1.07. The molecule has 0 aliphatic heterocycles. The zero-order valence-electron chi connectivity index (χ0n) is 35.1. The van der Waals surface area contributed by atoms with Crippen molar-refractivity contribution in [3.05, 3.63) is 217 Å². The van der Waals surface area contributed by atoms with Crippen LogP contribution < -0.4 is 9.80 Å². The quantitative estimate of drug-likeness (QED) is 0.151. The third-order valence-corrected chi connectivity index (χ3v) is 13.6. The number of nitrogens with zero attached hydrogens (tertiary/aromatic N) is 2. The summed E-state index contributed by atoms with van der Waals surface area (Å²) >= 11 is 0. The summed E-state index contributed by atoms with van der Waals surface area (Å²) < 4.78 is 0. The molecule has 2 aliphatic rings. The molecule has 0 radical (unpaired) electrons. The van der Waals surface area contributed by atoms with Gasteiger partial charge in [-0.1, -0.05) is 161 Å². The molecule has 0 aromatic heterocycles. The molecule has 9 aromatic carbocycles. The monoisotopic (exact) mass is 786 g/mol. The molecule has 0 N–H and O–H groups in total. The molecule has 2 heteroatoms. The maximum absolute atomic E-state index is 2.46. The lowest BCUT2D eigenvalue weighted by Crippen LogP contribution is -2.17. The Kier molecular flexibility index (Phi) is 9.30. The molecule has 61 heavy (non-hydrogen) atoms. The van der Waals surface area contributed by atoms with Crippen molar-refractivity contribution < 1.29 is 0 Å². The highest BCUT2D eigenvalue weighted by atomic mass is 15.2. The van der Waals surface area contributed by atoms with Crippen molar-refractivity contribution in [2.24, 2.45) is 0 Å². The van der Waals surface area contributed by atoms with Gasteiger partial charge >= 0.3 is 0 Å². The highest BCUT2D eigenvalue weighted by Crippen LogP contribution is 2.51. The number of hydrogen-bond donors (Lipinski definition) is 0. The van der Waals surface area contributed by atoms with E-state index in [1.165, 1.54) is 104 Å². The first-order valence-electron chi connectivity index (χ1n) is 22.1. The third-order valence-electron chi connectivity index (χ3n) is 13.6. The van der Waals surface area contributed by atoms with Crippen molar-refractivity contribution in [2.45, 2.75) is 57.3 Å². The second kappa shape index (κ2) is 15.3. The van der Waals surface area contributed by atoms with Gasteiger partial charge in [0.15, 0.2) is 0 Å². The van der Waals surface area contributed by atoms with Gasteiger partial charge in [-0.2, -0.15) is 0 Å². The fraction of sp³-hybridized carbons (Fsp3) is 0.153. The van der Waals surface area contributed by atoms with Gasteiger partial charge in [0.25, 0.3) is 0 Å². The van der Waals surface area contributed by atoms with Crippen molar-refractivity contribution in [1.82, 2.24) is 0 Å². The molecule has 2 aliphatic carbocycles. The molecule has 0 bridgehead atoms. The Morgan fingerprint density at radius 2 is 0.902 bits per heavy atom. The fourth-order valence-corrected chi connectivity index (χ4v) is 10.4. The summed E-state index contributed by atoms with van der Waals surface area (Å²) in [7, 11) is 0. The third kappa shape index (κ3) is 6.68. The van der Waals surface area contributed by atoms with Gasteiger partial charge in [-0.15, -0.1) is 0 Å². The molecule has 0 saturated heterocycles. The molecule has 11 rings (SSSR count). The zero-order valence-corrected chi connectivity index (χ0v) is 35.1. The first-order valence-corrected chi connectivity index (χ1v) is 22.1. The van der Waals surface area contributed by atoms with Crippen molar-refractivity contribution in [2.75, 3.05) is 9.80 Å². The summed E-state index contributed by atoms with van der Waals surface area (Å²) in [6.07, 6.45) is 6.62. The highest BCUT2D eigenvalue weighted by Gasteiger charge is 2.36. The van der Waals surface area contributed by atoms with E-state index in [9.17, 15) is 0 Å². The highest BCUT2D eigenvalue weighted by molar-refractivity contribution is 6.00. The minimum atomic E-state index is -0.0982. The van der Waals surface area contributed by atoms with Crippen LogP contribution in [-0.2, 0) is 5.41 Å². The number of hydrogen-bond acceptors (Lipinski definition) is 2. The normalized spacial score (nSPS) is 14.5. The summed E-state index contributed by atoms with van der Waals surface area (Å²) in [5.41, 5.74) is 16.0. The Morgan fingerprint density at radius 3 is 1.62 bits per heavy atom. The van der Waals surface area contributed by atoms with Gasteiger partial charge < -0.3 is 9.80 Å². The first-order chi connectivity index (χ1) is 30.0. The molecule has 9 aromatic rings. The average molecular weight is 787 g/mol. The molecule has 0 spiro atoms. The maximum Gasteiger partial charge on any atom is 0.0546 e. The smallest absolute Gasteiger partial charge is 0.0546 e. The molecule has 296 valence electrons. The van der Waals surface area contributed by atoms with Crippen molar-refractivity contribution in [1.29, 1.82) is 0 Å². The Morgan fingerprint density at radius 1 is 0.377 bits per heavy atom. The number of anilines is 6. The van der Waals surface area contributed by atoms with E-state index in [0.29, 0.717) is 5.92 Å². The van der Waals surface area contributed by atoms with Gasteiger partial charge in [0, 0.05) is 39.4 Å². The predicted octanol–water partition coefficient (Wildman–Crippen LogP) is 17.0. The van der Waals surface area contributed by atoms with Crippen LogP contribution in [0.4, 0.5) is 34.1 Å². The van der Waals surface area contributed by atoms with E-state index >= 15 is 0 Å². The molecular formula is C59H50N2. The number of benzene rings is 9. The lowest BCUT2D eigenvalue weighted by Gasteiger charge is -2.31. The van der Waals surface area contributed by atoms with Crippen LogP contribution in [0.3, 0.4) is 0 Å². The minimum absolute atomic E-state index is 0.0982. The average Bonchev–Trinajstić information content (AvgIpc) is 3.55. The summed E-state index contributed by atoms with van der Waals surface area (Å²) in [4.78, 5) is 4.91. The standard InChI is InChI=1S/C59H50N2/c1-59(2)56-24-14-13-23-53(56)54-36-35-52(40-57(54)59)60(48-28-25-43(26-29-48)41-15-5-3-6-16-41)49-31-33-50(34-32-49)61(51-30-27-42-17-9-10-20-45(42)37-51)58-39-47-22-12-11-21-46(47)38-55(58)44-18-7-4-8-19-44/h4,7-14,17-41H,3,5-6,15-16H2,1-2H3. The van der Waals surface area contributed by atoms with Crippen molar-refractivity contribution in [3.63, 3.8) is 0 Å². The van der Waals surface area contributed by atoms with Gasteiger partial charge in [-0.25, -0.2) is 0 Å². The van der Waals surface area contributed by atoms with E-state index in [4.69, 9.17) is 0 Å². The molecule has 1 fully saturated rings. The summed E-state index contributed by atoms with van der Waals surface area (Å²) in [5.74, 6) is 0.659. The van der Waals surface area contributed by atoms with E-state index in [-0.39, 0.29) is 5.41 Å².